The maximum absolute atomic E-state index is 13.7. The Bertz CT molecular complexity index is 1240. The lowest BCUT2D eigenvalue weighted by Gasteiger charge is -2.29. The van der Waals surface area contributed by atoms with Gasteiger partial charge in [-0.1, -0.05) is 43.3 Å². The Hall–Kier alpha value is -3.65. The maximum atomic E-state index is 13.7. The van der Waals surface area contributed by atoms with Gasteiger partial charge in [-0.25, -0.2) is 0 Å². The number of rotatable bonds is 7. The van der Waals surface area contributed by atoms with Crippen LogP contribution in [0.4, 0.5) is 5.69 Å². The topological polar surface area (TPSA) is 70.9 Å². The number of hydrogen-bond donors (Lipinski definition) is 0. The van der Waals surface area contributed by atoms with E-state index in [0.717, 1.165) is 49.3 Å². The molecule has 39 heavy (non-hydrogen) atoms. The van der Waals surface area contributed by atoms with Crippen molar-refractivity contribution in [3.8, 4) is 5.75 Å². The molecule has 0 fully saturated rings. The second-order valence-electron chi connectivity index (χ2n) is 10.4. The number of para-hydroxylation sites is 2. The molecule has 0 radical (unpaired) electrons. The van der Waals surface area contributed by atoms with Crippen LogP contribution < -0.4 is 9.64 Å². The van der Waals surface area contributed by atoms with E-state index in [1.54, 1.807) is 6.07 Å². The molecule has 1 aromatic heterocycles. The van der Waals surface area contributed by atoms with Crippen LogP contribution in [0, 0.1) is 6.92 Å². The molecule has 2 heterocycles. The molecule has 0 bridgehead atoms. The molecule has 0 saturated heterocycles. The first kappa shape index (κ1) is 28.4. The van der Waals surface area contributed by atoms with Gasteiger partial charge in [0, 0.05) is 51.5 Å². The first-order valence-electron chi connectivity index (χ1n) is 14.0. The molecule has 0 unspecified atom stereocenters. The highest BCUT2D eigenvalue weighted by atomic mass is 16.5. The summed E-state index contributed by atoms with van der Waals surface area (Å²) in [7, 11) is 0. The van der Waals surface area contributed by atoms with E-state index in [2.05, 4.69) is 30.8 Å². The summed E-state index contributed by atoms with van der Waals surface area (Å²) < 4.78 is 7.68. The Morgan fingerprint density at radius 2 is 1.77 bits per heavy atom. The van der Waals surface area contributed by atoms with Crippen molar-refractivity contribution in [2.45, 2.75) is 59.7 Å². The Morgan fingerprint density at radius 3 is 2.51 bits per heavy atom. The summed E-state index contributed by atoms with van der Waals surface area (Å²) in [5.41, 5.74) is 3.27. The van der Waals surface area contributed by atoms with Gasteiger partial charge in [0.15, 0.2) is 6.61 Å². The van der Waals surface area contributed by atoms with E-state index < -0.39 is 0 Å². The number of hydrogen-bond acceptors (Lipinski definition) is 5. The highest BCUT2D eigenvalue weighted by Crippen LogP contribution is 2.28. The molecule has 8 nitrogen and oxygen atoms in total. The van der Waals surface area contributed by atoms with Gasteiger partial charge >= 0.3 is 0 Å². The van der Waals surface area contributed by atoms with Crippen molar-refractivity contribution in [3.05, 3.63) is 77.6 Å². The van der Waals surface area contributed by atoms with Crippen LogP contribution in [0.15, 0.2) is 60.8 Å². The van der Waals surface area contributed by atoms with E-state index in [1.165, 1.54) is 0 Å². The third kappa shape index (κ3) is 7.26. The fraction of sp³-hybridized carbons (Fsp3) is 0.452. The third-order valence-electron chi connectivity index (χ3n) is 7.17. The predicted octanol–water partition coefficient (Wildman–Crippen LogP) is 4.77. The maximum Gasteiger partial charge on any atom is 0.274 e. The summed E-state index contributed by atoms with van der Waals surface area (Å²) in [6.07, 6.45) is 3.64. The van der Waals surface area contributed by atoms with Gasteiger partial charge < -0.3 is 14.5 Å². The van der Waals surface area contributed by atoms with Crippen molar-refractivity contribution in [2.24, 2.45) is 0 Å². The van der Waals surface area contributed by atoms with E-state index in [4.69, 9.17) is 4.74 Å². The molecule has 1 aliphatic rings. The number of fused-ring (bicyclic) bond motifs is 1. The van der Waals surface area contributed by atoms with E-state index in [1.807, 2.05) is 76.1 Å². The van der Waals surface area contributed by atoms with Crippen molar-refractivity contribution < 1.29 is 14.3 Å². The molecular weight excluding hydrogens is 490 g/mol. The Balaban J connectivity index is 1.66. The average molecular weight is 532 g/mol. The minimum absolute atomic E-state index is 0.0524. The lowest BCUT2D eigenvalue weighted by molar-refractivity contribution is -0.120. The molecule has 8 heteroatoms. The second-order valence-corrected chi connectivity index (χ2v) is 10.4. The summed E-state index contributed by atoms with van der Waals surface area (Å²) in [4.78, 5) is 33.5. The van der Waals surface area contributed by atoms with Gasteiger partial charge in [-0.3, -0.25) is 19.2 Å². The minimum atomic E-state index is -0.0964. The van der Waals surface area contributed by atoms with Crippen LogP contribution in [-0.4, -0.2) is 70.2 Å². The average Bonchev–Trinajstić information content (AvgIpc) is 3.38. The monoisotopic (exact) mass is 531 g/mol. The van der Waals surface area contributed by atoms with E-state index >= 15 is 0 Å². The number of aromatic nitrogens is 2. The number of carbonyl (C=O) groups is 2. The molecule has 0 N–H and O–H groups in total. The standard InChI is InChI=1S/C31H41N5O3/c1-5-16-35-19-15-28(32-35)31(38)34-21-20-33(24(2)3)17-10-18-36(30-25(4)11-9-12-26(30)22-34)29(37)23-39-27-13-7-6-8-14-27/h6-9,11-15,19,24H,5,10,16-18,20-23H2,1-4H3. The summed E-state index contributed by atoms with van der Waals surface area (Å²) in [5.74, 6) is 0.477. The number of amides is 2. The van der Waals surface area contributed by atoms with Crippen LogP contribution in [0.1, 0.15) is 55.2 Å². The molecule has 4 rings (SSSR count). The molecular formula is C31H41N5O3. The van der Waals surface area contributed by atoms with Crippen LogP contribution in [0.3, 0.4) is 0 Å². The van der Waals surface area contributed by atoms with Crippen LogP contribution >= 0.6 is 0 Å². The minimum Gasteiger partial charge on any atom is -0.484 e. The highest BCUT2D eigenvalue weighted by Gasteiger charge is 2.27. The van der Waals surface area contributed by atoms with Crippen molar-refractivity contribution in [2.75, 3.05) is 37.7 Å². The Labute approximate surface area is 232 Å². The van der Waals surface area contributed by atoms with Gasteiger partial charge in [0.25, 0.3) is 11.8 Å². The number of ether oxygens (including phenoxy) is 1. The van der Waals surface area contributed by atoms with Gasteiger partial charge in [-0.2, -0.15) is 5.10 Å². The molecule has 0 atom stereocenters. The molecule has 0 spiro atoms. The number of benzene rings is 2. The normalized spacial score (nSPS) is 15.1. The van der Waals surface area contributed by atoms with Gasteiger partial charge in [-0.05, 0) is 62.9 Å². The van der Waals surface area contributed by atoms with Crippen LogP contribution in [-0.2, 0) is 17.9 Å². The largest absolute Gasteiger partial charge is 0.484 e. The zero-order valence-electron chi connectivity index (χ0n) is 23.7. The van der Waals surface area contributed by atoms with Crippen LogP contribution in [0.25, 0.3) is 0 Å². The number of nitrogens with zero attached hydrogens (tertiary/aromatic N) is 5. The first-order chi connectivity index (χ1) is 18.9. The lowest BCUT2D eigenvalue weighted by Crippen LogP contribution is -2.41. The number of anilines is 1. The summed E-state index contributed by atoms with van der Waals surface area (Å²) in [6.45, 7) is 12.3. The SMILES string of the molecule is CCCn1ccc(C(=O)N2CCN(C(C)C)CCCN(C(=O)COc3ccccc3)c3c(C)cccc3C2)n1. The van der Waals surface area contributed by atoms with Crippen molar-refractivity contribution >= 4 is 17.5 Å². The molecule has 2 aromatic carbocycles. The van der Waals surface area contributed by atoms with Crippen LogP contribution in [0.5, 0.6) is 5.75 Å². The molecule has 208 valence electrons. The van der Waals surface area contributed by atoms with Crippen molar-refractivity contribution in [1.82, 2.24) is 19.6 Å². The van der Waals surface area contributed by atoms with Gasteiger partial charge in [0.2, 0.25) is 0 Å². The van der Waals surface area contributed by atoms with E-state index in [0.29, 0.717) is 37.1 Å². The van der Waals surface area contributed by atoms with Crippen molar-refractivity contribution in [1.29, 1.82) is 0 Å². The molecule has 1 aliphatic heterocycles. The van der Waals surface area contributed by atoms with Gasteiger partial charge in [-0.15, -0.1) is 0 Å². The van der Waals surface area contributed by atoms with E-state index in [-0.39, 0.29) is 18.4 Å². The fourth-order valence-corrected chi connectivity index (χ4v) is 5.09. The van der Waals surface area contributed by atoms with Crippen molar-refractivity contribution in [3.63, 3.8) is 0 Å². The quantitative estimate of drug-likeness (QED) is 0.439. The van der Waals surface area contributed by atoms with E-state index in [9.17, 15) is 9.59 Å². The summed E-state index contributed by atoms with van der Waals surface area (Å²) in [6, 6.07) is 17.6. The second kappa shape index (κ2) is 13.4. The zero-order valence-corrected chi connectivity index (χ0v) is 23.7. The predicted molar refractivity (Wildman–Crippen MR) is 154 cm³/mol. The van der Waals surface area contributed by atoms with Gasteiger partial charge in [0.05, 0.1) is 5.69 Å². The first-order valence-corrected chi connectivity index (χ1v) is 14.0. The lowest BCUT2D eigenvalue weighted by atomic mass is 10.0. The number of aryl methyl sites for hydroxylation is 2. The molecule has 0 aliphatic carbocycles. The molecule has 3 aromatic rings. The number of carbonyl (C=O) groups excluding carboxylic acids is 2. The third-order valence-corrected chi connectivity index (χ3v) is 7.17. The molecule has 0 saturated carbocycles. The fourth-order valence-electron chi connectivity index (χ4n) is 5.09. The Kier molecular flexibility index (Phi) is 9.76. The Morgan fingerprint density at radius 1 is 0.974 bits per heavy atom. The smallest absolute Gasteiger partial charge is 0.274 e. The highest BCUT2D eigenvalue weighted by molar-refractivity contribution is 5.96. The zero-order chi connectivity index (χ0) is 27.8. The van der Waals surface area contributed by atoms with Crippen LogP contribution in [0.2, 0.25) is 0 Å². The molecule has 2 amide bonds. The summed E-state index contributed by atoms with van der Waals surface area (Å²) in [5, 5.41) is 4.54. The summed E-state index contributed by atoms with van der Waals surface area (Å²) >= 11 is 0. The van der Waals surface area contributed by atoms with Gasteiger partial charge in [0.1, 0.15) is 11.4 Å².